The molecule has 0 bridgehead atoms. The van der Waals surface area contributed by atoms with Crippen molar-refractivity contribution in [1.82, 2.24) is 10.2 Å². The number of ether oxygens (including phenoxy) is 1. The molecular weight excluding hydrogens is 514 g/mol. The number of sulfonamides is 1. The quantitative estimate of drug-likeness (QED) is 0.371. The molecule has 0 spiro atoms. The molecule has 8 nitrogen and oxygen atoms in total. The number of anilines is 1. The maximum atomic E-state index is 13.7. The third-order valence-corrected chi connectivity index (χ3v) is 7.89. The fraction of sp³-hybridized carbons (Fsp3) is 0.296. The van der Waals surface area contributed by atoms with E-state index < -0.39 is 10.0 Å². The van der Waals surface area contributed by atoms with Crippen molar-refractivity contribution in [3.63, 3.8) is 0 Å². The molecule has 0 atom stereocenters. The summed E-state index contributed by atoms with van der Waals surface area (Å²) >= 11 is 6.04. The second kappa shape index (κ2) is 12.3. The molecule has 0 saturated carbocycles. The van der Waals surface area contributed by atoms with Gasteiger partial charge < -0.3 is 19.8 Å². The summed E-state index contributed by atoms with van der Waals surface area (Å²) < 4.78 is 33.5. The molecule has 1 aliphatic heterocycles. The number of piperidine rings is 1. The second-order valence-electron chi connectivity index (χ2n) is 8.64. The van der Waals surface area contributed by atoms with Crippen LogP contribution in [0.4, 0.5) is 5.69 Å². The zero-order valence-corrected chi connectivity index (χ0v) is 22.2. The summed E-state index contributed by atoms with van der Waals surface area (Å²) in [6.07, 6.45) is 3.65. The minimum atomic E-state index is -4.18. The van der Waals surface area contributed by atoms with E-state index in [-0.39, 0.29) is 22.3 Å². The Morgan fingerprint density at radius 3 is 2.35 bits per heavy atom. The van der Waals surface area contributed by atoms with Crippen LogP contribution in [-0.2, 0) is 10.0 Å². The van der Waals surface area contributed by atoms with E-state index in [0.717, 1.165) is 24.1 Å². The first-order chi connectivity index (χ1) is 17.9. The molecule has 1 fully saturated rings. The van der Waals surface area contributed by atoms with Crippen LogP contribution in [0, 0.1) is 0 Å². The van der Waals surface area contributed by atoms with Gasteiger partial charge in [-0.25, -0.2) is 0 Å². The lowest BCUT2D eigenvalue weighted by Gasteiger charge is -2.26. The maximum absolute atomic E-state index is 13.7. The van der Waals surface area contributed by atoms with Crippen molar-refractivity contribution >= 4 is 33.2 Å². The number of rotatable bonds is 10. The highest BCUT2D eigenvalue weighted by molar-refractivity contribution is 7.92. The highest BCUT2D eigenvalue weighted by Gasteiger charge is 2.29. The number of hydrogen-bond acceptors (Lipinski definition) is 6. The molecule has 1 N–H and O–H groups in total. The van der Waals surface area contributed by atoms with Gasteiger partial charge in [0.2, 0.25) is 0 Å². The molecule has 1 aliphatic rings. The maximum Gasteiger partial charge on any atom is 0.295 e. The lowest BCUT2D eigenvalue weighted by Crippen LogP contribution is -2.37. The molecule has 37 heavy (non-hydrogen) atoms. The van der Waals surface area contributed by atoms with E-state index in [1.165, 1.54) is 62.8 Å². The molecule has 196 valence electrons. The summed E-state index contributed by atoms with van der Waals surface area (Å²) in [5.41, 5.74) is 0.670. The Kier molecular flexibility index (Phi) is 8.91. The highest BCUT2D eigenvalue weighted by Crippen LogP contribution is 2.34. The van der Waals surface area contributed by atoms with Gasteiger partial charge in [0, 0.05) is 29.7 Å². The number of amides is 1. The van der Waals surface area contributed by atoms with Crippen molar-refractivity contribution in [3.8, 4) is 11.5 Å². The van der Waals surface area contributed by atoms with Gasteiger partial charge in [0.05, 0.1) is 17.7 Å². The van der Waals surface area contributed by atoms with Crippen LogP contribution in [0.2, 0.25) is 5.02 Å². The standard InChI is InChI=1S/C27H30ClN3O5S/c1-35-26-20-22(28)12-15-25(26)36-31(23-8-4-2-5-9-23)37(33,34)24-13-10-21(11-14-24)27(32)29-16-19-30-17-6-3-7-18-30/h2,4-5,8-15,20H,3,6-7,16-19H2,1H3,(H,29,32). The fourth-order valence-electron chi connectivity index (χ4n) is 4.08. The second-order valence-corrected chi connectivity index (χ2v) is 10.8. The number of carbonyl (C=O) groups is 1. The van der Waals surface area contributed by atoms with Crippen LogP contribution >= 0.6 is 11.6 Å². The number of nitrogens with zero attached hydrogens (tertiary/aromatic N) is 2. The zero-order chi connectivity index (χ0) is 26.3. The minimum Gasteiger partial charge on any atom is -0.493 e. The van der Waals surface area contributed by atoms with E-state index in [9.17, 15) is 13.2 Å². The van der Waals surface area contributed by atoms with E-state index in [0.29, 0.717) is 22.8 Å². The van der Waals surface area contributed by atoms with E-state index >= 15 is 0 Å². The van der Waals surface area contributed by atoms with E-state index in [2.05, 4.69) is 10.2 Å². The average Bonchev–Trinajstić information content (AvgIpc) is 2.93. The predicted octanol–water partition coefficient (Wildman–Crippen LogP) is 4.75. The largest absolute Gasteiger partial charge is 0.493 e. The summed E-state index contributed by atoms with van der Waals surface area (Å²) in [5.74, 6) is 0.201. The molecule has 1 heterocycles. The Bertz CT molecular complexity index is 1300. The van der Waals surface area contributed by atoms with Crippen molar-refractivity contribution in [1.29, 1.82) is 0 Å². The van der Waals surface area contributed by atoms with Gasteiger partial charge in [0.1, 0.15) is 0 Å². The number of halogens is 1. The molecule has 4 rings (SSSR count). The minimum absolute atomic E-state index is 0.0332. The normalized spacial score (nSPS) is 14.1. The van der Waals surface area contributed by atoms with Gasteiger partial charge in [-0.15, -0.1) is 0 Å². The van der Waals surface area contributed by atoms with Gasteiger partial charge in [0.25, 0.3) is 15.9 Å². The van der Waals surface area contributed by atoms with Crippen molar-refractivity contribution in [2.45, 2.75) is 24.2 Å². The van der Waals surface area contributed by atoms with Gasteiger partial charge in [-0.05, 0) is 74.5 Å². The molecule has 0 aromatic heterocycles. The Labute approximate surface area is 222 Å². The van der Waals surface area contributed by atoms with E-state index in [4.69, 9.17) is 21.2 Å². The number of carbonyl (C=O) groups excluding carboxylic acids is 1. The molecule has 1 amide bonds. The number of likely N-dealkylation sites (tertiary alicyclic amines) is 1. The first kappa shape index (κ1) is 26.8. The summed E-state index contributed by atoms with van der Waals surface area (Å²) in [6, 6.07) is 18.8. The van der Waals surface area contributed by atoms with Crippen molar-refractivity contribution in [3.05, 3.63) is 83.4 Å². The van der Waals surface area contributed by atoms with Crippen LogP contribution in [0.3, 0.4) is 0 Å². The first-order valence-corrected chi connectivity index (χ1v) is 13.9. The van der Waals surface area contributed by atoms with Crippen molar-refractivity contribution in [2.75, 3.05) is 37.8 Å². The molecular formula is C27H30ClN3O5S. The fourth-order valence-corrected chi connectivity index (χ4v) is 5.49. The first-order valence-electron chi connectivity index (χ1n) is 12.1. The van der Waals surface area contributed by atoms with Gasteiger partial charge in [0.15, 0.2) is 11.5 Å². The Morgan fingerprint density at radius 1 is 0.973 bits per heavy atom. The van der Waals surface area contributed by atoms with Crippen LogP contribution in [0.1, 0.15) is 29.6 Å². The lowest BCUT2D eigenvalue weighted by atomic mass is 10.1. The molecule has 0 aliphatic carbocycles. The third kappa shape index (κ3) is 6.74. The molecule has 10 heteroatoms. The number of nitrogens with one attached hydrogen (secondary N) is 1. The van der Waals surface area contributed by atoms with Gasteiger partial charge in [-0.1, -0.05) is 40.7 Å². The molecule has 3 aromatic rings. The molecule has 0 radical (unpaired) electrons. The molecule has 1 saturated heterocycles. The number of benzene rings is 3. The molecule has 3 aromatic carbocycles. The average molecular weight is 544 g/mol. The van der Waals surface area contributed by atoms with Crippen molar-refractivity contribution in [2.24, 2.45) is 0 Å². The number of para-hydroxylation sites is 1. The summed E-state index contributed by atoms with van der Waals surface area (Å²) in [6.45, 7) is 3.46. The van der Waals surface area contributed by atoms with Crippen LogP contribution in [-0.4, -0.2) is 52.5 Å². The van der Waals surface area contributed by atoms with Crippen LogP contribution < -0.4 is 19.4 Å². The summed E-state index contributed by atoms with van der Waals surface area (Å²) in [7, 11) is -2.74. The van der Waals surface area contributed by atoms with Crippen LogP contribution in [0.15, 0.2) is 77.7 Å². The Balaban J connectivity index is 1.52. The third-order valence-electron chi connectivity index (χ3n) is 6.07. The van der Waals surface area contributed by atoms with E-state index in [1.807, 2.05) is 0 Å². The van der Waals surface area contributed by atoms with Crippen molar-refractivity contribution < 1.29 is 22.8 Å². The summed E-state index contributed by atoms with van der Waals surface area (Å²) in [4.78, 5) is 20.8. The Hall–Kier alpha value is -3.27. The van der Waals surface area contributed by atoms with Crippen LogP contribution in [0.25, 0.3) is 0 Å². The lowest BCUT2D eigenvalue weighted by molar-refractivity contribution is 0.0946. The van der Waals surface area contributed by atoms with Gasteiger partial charge in [-0.3, -0.25) is 4.79 Å². The van der Waals surface area contributed by atoms with E-state index in [1.54, 1.807) is 36.4 Å². The zero-order valence-electron chi connectivity index (χ0n) is 20.6. The Morgan fingerprint density at radius 2 is 1.68 bits per heavy atom. The van der Waals surface area contributed by atoms with Gasteiger partial charge in [-0.2, -0.15) is 8.42 Å². The predicted molar refractivity (Wildman–Crippen MR) is 144 cm³/mol. The highest BCUT2D eigenvalue weighted by atomic mass is 35.5. The number of methoxy groups -OCH3 is 1. The SMILES string of the molecule is COc1cc(Cl)ccc1ON(c1ccccc1)S(=O)(=O)c1ccc(C(=O)NCCN2CCCCC2)cc1. The molecule has 0 unspecified atom stereocenters. The topological polar surface area (TPSA) is 88.2 Å². The van der Waals surface area contributed by atoms with Gasteiger partial charge >= 0.3 is 0 Å². The number of hydrogen-bond donors (Lipinski definition) is 1. The van der Waals surface area contributed by atoms with Crippen LogP contribution in [0.5, 0.6) is 11.5 Å². The smallest absolute Gasteiger partial charge is 0.295 e. The summed E-state index contributed by atoms with van der Waals surface area (Å²) in [5, 5.41) is 3.33. The monoisotopic (exact) mass is 543 g/mol.